The van der Waals surface area contributed by atoms with Crippen LogP contribution in [0.5, 0.6) is 0 Å². The number of aromatic nitrogens is 3. The summed E-state index contributed by atoms with van der Waals surface area (Å²) in [5.74, 6) is 1.99. The smallest absolute Gasteiger partial charge is 0.407 e. The quantitative estimate of drug-likeness (QED) is 0.908. The number of carbonyl (C=O) groups is 1. The lowest BCUT2D eigenvalue weighted by Crippen LogP contribution is -2.27. The van der Waals surface area contributed by atoms with E-state index in [4.69, 9.17) is 5.11 Å². The van der Waals surface area contributed by atoms with Crippen molar-refractivity contribution in [1.82, 2.24) is 19.7 Å². The molecule has 7 heteroatoms. The van der Waals surface area contributed by atoms with E-state index >= 15 is 0 Å². The molecule has 2 aromatic rings. The van der Waals surface area contributed by atoms with Gasteiger partial charge >= 0.3 is 6.09 Å². The molecule has 0 radical (unpaired) electrons. The van der Waals surface area contributed by atoms with Gasteiger partial charge in [0.05, 0.1) is 0 Å². The van der Waals surface area contributed by atoms with E-state index in [-0.39, 0.29) is 0 Å². The van der Waals surface area contributed by atoms with Crippen LogP contribution in [0.3, 0.4) is 0 Å². The Morgan fingerprint density at radius 2 is 2.09 bits per heavy atom. The van der Waals surface area contributed by atoms with Gasteiger partial charge < -0.3 is 14.6 Å². The molecule has 1 aliphatic rings. The highest BCUT2D eigenvalue weighted by atomic mass is 79.9. The van der Waals surface area contributed by atoms with Crippen LogP contribution >= 0.6 is 15.9 Å². The number of hydrogen-bond donors (Lipinski definition) is 1. The molecule has 1 saturated heterocycles. The molecular formula is C15H17BrN4O2. The number of benzene rings is 1. The van der Waals surface area contributed by atoms with Crippen LogP contribution in [0.15, 0.2) is 28.7 Å². The Kier molecular flexibility index (Phi) is 4.15. The average molecular weight is 365 g/mol. The van der Waals surface area contributed by atoms with Crippen molar-refractivity contribution >= 4 is 22.0 Å². The molecule has 1 N–H and O–H groups in total. The zero-order chi connectivity index (χ0) is 15.7. The number of rotatable bonds is 3. The average Bonchev–Trinajstić information content (AvgIpc) is 3.09. The van der Waals surface area contributed by atoms with Gasteiger partial charge in [0.2, 0.25) is 0 Å². The summed E-state index contributed by atoms with van der Waals surface area (Å²) in [5, 5.41) is 17.5. The molecule has 1 aromatic carbocycles. The maximum Gasteiger partial charge on any atom is 0.407 e. The van der Waals surface area contributed by atoms with Gasteiger partial charge in [0.25, 0.3) is 0 Å². The second-order valence-electron chi connectivity index (χ2n) is 5.57. The molecule has 1 amide bonds. The van der Waals surface area contributed by atoms with E-state index in [9.17, 15) is 4.79 Å². The molecule has 1 atom stereocenters. The summed E-state index contributed by atoms with van der Waals surface area (Å²) < 4.78 is 3.10. The summed E-state index contributed by atoms with van der Waals surface area (Å²) in [4.78, 5) is 12.5. The van der Waals surface area contributed by atoms with E-state index in [0.29, 0.717) is 19.0 Å². The summed E-state index contributed by atoms with van der Waals surface area (Å²) >= 11 is 3.43. The maximum atomic E-state index is 11.0. The highest BCUT2D eigenvalue weighted by Crippen LogP contribution is 2.24. The SMILES string of the molecule is Cc1nnc(-c2ccc(Br)cc2)n1C[C@H]1CCN(C(=O)O)C1. The number of hydrogen-bond acceptors (Lipinski definition) is 3. The number of aryl methyl sites for hydroxylation is 1. The van der Waals surface area contributed by atoms with Gasteiger partial charge in [0.1, 0.15) is 5.82 Å². The Labute approximate surface area is 136 Å². The number of halogens is 1. The topological polar surface area (TPSA) is 71.2 Å². The summed E-state index contributed by atoms with van der Waals surface area (Å²) in [6.07, 6.45) is 0.0417. The van der Waals surface area contributed by atoms with Crippen molar-refractivity contribution in [3.63, 3.8) is 0 Å². The molecule has 116 valence electrons. The van der Waals surface area contributed by atoms with Crippen molar-refractivity contribution in [2.24, 2.45) is 5.92 Å². The monoisotopic (exact) mass is 364 g/mol. The van der Waals surface area contributed by atoms with E-state index in [2.05, 4.69) is 30.7 Å². The van der Waals surface area contributed by atoms with Crippen molar-refractivity contribution in [1.29, 1.82) is 0 Å². The first-order valence-corrected chi connectivity index (χ1v) is 7.97. The lowest BCUT2D eigenvalue weighted by Gasteiger charge is -2.15. The minimum absolute atomic E-state index is 0.306. The molecule has 0 saturated carbocycles. The molecule has 1 fully saturated rings. The molecule has 0 bridgehead atoms. The fraction of sp³-hybridized carbons (Fsp3) is 0.400. The Bertz CT molecular complexity index is 683. The summed E-state index contributed by atoms with van der Waals surface area (Å²) in [6.45, 7) is 3.86. The fourth-order valence-corrected chi connectivity index (χ4v) is 3.09. The third kappa shape index (κ3) is 2.99. The molecule has 1 aromatic heterocycles. The maximum absolute atomic E-state index is 11.0. The van der Waals surface area contributed by atoms with E-state index in [0.717, 1.165) is 34.7 Å². The first kappa shape index (κ1) is 15.0. The van der Waals surface area contributed by atoms with Crippen LogP contribution < -0.4 is 0 Å². The van der Waals surface area contributed by atoms with E-state index < -0.39 is 6.09 Å². The predicted octanol–water partition coefficient (Wildman–Crippen LogP) is 3.02. The van der Waals surface area contributed by atoms with Crippen LogP contribution in [0.25, 0.3) is 11.4 Å². The van der Waals surface area contributed by atoms with E-state index in [1.807, 2.05) is 31.2 Å². The molecule has 0 spiro atoms. The van der Waals surface area contributed by atoms with E-state index in [1.54, 1.807) is 0 Å². The normalized spacial score (nSPS) is 17.9. The second kappa shape index (κ2) is 6.08. The number of likely N-dealkylation sites (tertiary alicyclic amines) is 1. The fourth-order valence-electron chi connectivity index (χ4n) is 2.83. The summed E-state index contributed by atoms with van der Waals surface area (Å²) in [5.41, 5.74) is 1.01. The second-order valence-corrected chi connectivity index (χ2v) is 6.49. The van der Waals surface area contributed by atoms with Gasteiger partial charge in [-0.25, -0.2) is 4.79 Å². The van der Waals surface area contributed by atoms with Gasteiger partial charge in [-0.3, -0.25) is 0 Å². The van der Waals surface area contributed by atoms with Crippen molar-refractivity contribution in [2.75, 3.05) is 13.1 Å². The van der Waals surface area contributed by atoms with Crippen molar-refractivity contribution < 1.29 is 9.90 Å². The van der Waals surface area contributed by atoms with Gasteiger partial charge in [0, 0.05) is 29.7 Å². The van der Waals surface area contributed by atoms with Crippen LogP contribution in [-0.4, -0.2) is 44.0 Å². The molecule has 1 aliphatic heterocycles. The lowest BCUT2D eigenvalue weighted by molar-refractivity contribution is 0.153. The van der Waals surface area contributed by atoms with Crippen LogP contribution in [0.1, 0.15) is 12.2 Å². The zero-order valence-electron chi connectivity index (χ0n) is 12.2. The Balaban J connectivity index is 1.81. The van der Waals surface area contributed by atoms with Gasteiger partial charge in [0.15, 0.2) is 5.82 Å². The highest BCUT2D eigenvalue weighted by Gasteiger charge is 2.27. The van der Waals surface area contributed by atoms with Crippen LogP contribution in [0.2, 0.25) is 0 Å². The van der Waals surface area contributed by atoms with Gasteiger partial charge in [-0.05, 0) is 31.4 Å². The third-order valence-electron chi connectivity index (χ3n) is 4.04. The molecule has 22 heavy (non-hydrogen) atoms. The summed E-state index contributed by atoms with van der Waals surface area (Å²) in [6, 6.07) is 7.96. The summed E-state index contributed by atoms with van der Waals surface area (Å²) in [7, 11) is 0. The molecule has 0 unspecified atom stereocenters. The Hall–Kier alpha value is -1.89. The predicted molar refractivity (Wildman–Crippen MR) is 85.6 cm³/mol. The van der Waals surface area contributed by atoms with Crippen LogP contribution in [0, 0.1) is 12.8 Å². The van der Waals surface area contributed by atoms with Crippen LogP contribution in [0.4, 0.5) is 4.79 Å². The van der Waals surface area contributed by atoms with Gasteiger partial charge in [-0.1, -0.05) is 28.1 Å². The standard InChI is InChI=1S/C15H17BrN4O2/c1-10-17-18-14(12-2-4-13(16)5-3-12)20(10)9-11-6-7-19(8-11)15(21)22/h2-5,11H,6-9H2,1H3,(H,21,22)/t11-/m0/s1. The van der Waals surface area contributed by atoms with E-state index in [1.165, 1.54) is 4.90 Å². The number of amides is 1. The number of carboxylic acid groups (broad SMARTS) is 1. The van der Waals surface area contributed by atoms with Crippen molar-refractivity contribution in [3.8, 4) is 11.4 Å². The van der Waals surface area contributed by atoms with Crippen molar-refractivity contribution in [3.05, 3.63) is 34.6 Å². The molecular weight excluding hydrogens is 348 g/mol. The largest absolute Gasteiger partial charge is 0.465 e. The van der Waals surface area contributed by atoms with Crippen molar-refractivity contribution in [2.45, 2.75) is 19.9 Å². The van der Waals surface area contributed by atoms with Gasteiger partial charge in [-0.2, -0.15) is 0 Å². The third-order valence-corrected chi connectivity index (χ3v) is 4.56. The Morgan fingerprint density at radius 3 is 2.73 bits per heavy atom. The molecule has 3 rings (SSSR count). The number of nitrogens with zero attached hydrogens (tertiary/aromatic N) is 4. The highest BCUT2D eigenvalue weighted by molar-refractivity contribution is 9.10. The van der Waals surface area contributed by atoms with Gasteiger partial charge in [-0.15, -0.1) is 10.2 Å². The zero-order valence-corrected chi connectivity index (χ0v) is 13.8. The Morgan fingerprint density at radius 1 is 1.36 bits per heavy atom. The molecule has 6 nitrogen and oxygen atoms in total. The first-order valence-electron chi connectivity index (χ1n) is 7.18. The van der Waals surface area contributed by atoms with Crippen LogP contribution in [-0.2, 0) is 6.54 Å². The lowest BCUT2D eigenvalue weighted by atomic mass is 10.1. The molecule has 2 heterocycles. The minimum atomic E-state index is -0.837. The first-order chi connectivity index (χ1) is 10.5. The molecule has 0 aliphatic carbocycles. The minimum Gasteiger partial charge on any atom is -0.465 e.